The van der Waals surface area contributed by atoms with Gasteiger partial charge < -0.3 is 14.5 Å². The Labute approximate surface area is 373 Å². The number of rotatable bonds is 6. The average Bonchev–Trinajstić information content (AvgIpc) is 3.84. The highest BCUT2D eigenvalue weighted by Gasteiger charge is 2.52. The van der Waals surface area contributed by atoms with Gasteiger partial charge in [0.25, 0.3) is 0 Å². The number of benzene rings is 10. The Kier molecular flexibility index (Phi) is 8.13. The van der Waals surface area contributed by atoms with Crippen molar-refractivity contribution in [3.63, 3.8) is 0 Å². The first kappa shape index (κ1) is 36.3. The summed E-state index contributed by atoms with van der Waals surface area (Å²) >= 11 is 0. The highest BCUT2D eigenvalue weighted by Crippen LogP contribution is 2.66. The molecular weight excluding hydrogens is 777 g/mol. The number of anilines is 6. The van der Waals surface area contributed by atoms with E-state index in [2.05, 4.69) is 240 Å². The van der Waals surface area contributed by atoms with Crippen molar-refractivity contribution >= 4 is 34.1 Å². The molecule has 64 heavy (non-hydrogen) atoms. The molecule has 0 unspecified atom stereocenters. The van der Waals surface area contributed by atoms with E-state index in [-0.39, 0.29) is 0 Å². The smallest absolute Gasteiger partial charge is 0.151 e. The standard InChI is InChI=1S/C61H40N2O/c1-3-16-41(17-4-1)42-30-35-46(36-31-42)62(45-18-5-2-6-19-45)47-37-32-43(33-38-47)44-34-39-50-54(40-44)61(51-22-9-7-20-48(51)49-21-8-10-23-52(49)61)53-24-15-27-57(60(50)53)63-55-25-11-13-28-58(55)64-59-29-14-12-26-56(59)63/h1-40H. The van der Waals surface area contributed by atoms with Crippen molar-refractivity contribution in [2.24, 2.45) is 0 Å². The van der Waals surface area contributed by atoms with Gasteiger partial charge in [-0.3, -0.25) is 0 Å². The zero-order valence-electron chi connectivity index (χ0n) is 34.9. The molecule has 0 saturated heterocycles. The maximum atomic E-state index is 6.52. The second kappa shape index (κ2) is 14.3. The Morgan fingerprint density at radius 2 is 0.766 bits per heavy atom. The van der Waals surface area contributed by atoms with Crippen LogP contribution in [-0.4, -0.2) is 0 Å². The number of para-hydroxylation sites is 5. The number of hydrogen-bond acceptors (Lipinski definition) is 3. The van der Waals surface area contributed by atoms with Crippen molar-refractivity contribution in [2.75, 3.05) is 9.80 Å². The molecule has 0 atom stereocenters. The molecule has 0 saturated carbocycles. The number of fused-ring (bicyclic) bond motifs is 12. The lowest BCUT2D eigenvalue weighted by atomic mass is 9.70. The van der Waals surface area contributed by atoms with Crippen LogP contribution in [0.3, 0.4) is 0 Å². The van der Waals surface area contributed by atoms with Gasteiger partial charge in [-0.2, -0.15) is 0 Å². The first-order chi connectivity index (χ1) is 31.8. The lowest BCUT2D eigenvalue weighted by molar-refractivity contribution is 0.477. The zero-order valence-corrected chi connectivity index (χ0v) is 34.9. The second-order valence-electron chi connectivity index (χ2n) is 16.8. The summed E-state index contributed by atoms with van der Waals surface area (Å²) in [5.41, 5.74) is 21.0. The summed E-state index contributed by atoms with van der Waals surface area (Å²) in [5.74, 6) is 1.69. The fourth-order valence-corrected chi connectivity index (χ4v) is 10.8. The van der Waals surface area contributed by atoms with Crippen LogP contribution in [0, 0.1) is 0 Å². The third-order valence-electron chi connectivity index (χ3n) is 13.5. The third-order valence-corrected chi connectivity index (χ3v) is 13.5. The highest BCUT2D eigenvalue weighted by atomic mass is 16.5. The zero-order chi connectivity index (χ0) is 42.2. The average molecular weight is 817 g/mol. The molecule has 2 aliphatic carbocycles. The van der Waals surface area contributed by atoms with Crippen molar-refractivity contribution in [3.05, 3.63) is 265 Å². The van der Waals surface area contributed by atoms with E-state index in [0.29, 0.717) is 0 Å². The lowest BCUT2D eigenvalue weighted by Gasteiger charge is -2.35. The summed E-state index contributed by atoms with van der Waals surface area (Å²) in [4.78, 5) is 4.74. The molecule has 1 aliphatic heterocycles. The predicted octanol–water partition coefficient (Wildman–Crippen LogP) is 16.4. The molecule has 0 fully saturated rings. The number of nitrogens with zero attached hydrogens (tertiary/aromatic N) is 2. The molecule has 0 bridgehead atoms. The predicted molar refractivity (Wildman–Crippen MR) is 263 cm³/mol. The minimum absolute atomic E-state index is 0.523. The number of ether oxygens (including phenoxy) is 1. The normalized spacial score (nSPS) is 13.2. The highest BCUT2D eigenvalue weighted by molar-refractivity contribution is 6.03. The van der Waals surface area contributed by atoms with Gasteiger partial charge in [0, 0.05) is 22.6 Å². The Morgan fingerprint density at radius 3 is 1.39 bits per heavy atom. The van der Waals surface area contributed by atoms with Gasteiger partial charge in [0.2, 0.25) is 0 Å². The van der Waals surface area contributed by atoms with Crippen LogP contribution in [-0.2, 0) is 5.41 Å². The molecule has 0 aromatic heterocycles. The van der Waals surface area contributed by atoms with Crippen LogP contribution in [0.25, 0.3) is 44.5 Å². The molecular formula is C61H40N2O. The first-order valence-electron chi connectivity index (χ1n) is 22.0. The largest absolute Gasteiger partial charge is 0.453 e. The van der Waals surface area contributed by atoms with Gasteiger partial charge in [-0.1, -0.05) is 170 Å². The molecule has 13 rings (SSSR count). The van der Waals surface area contributed by atoms with Crippen molar-refractivity contribution in [3.8, 4) is 56.0 Å². The van der Waals surface area contributed by atoms with Crippen LogP contribution in [0.2, 0.25) is 0 Å². The van der Waals surface area contributed by atoms with Crippen LogP contribution >= 0.6 is 0 Å². The van der Waals surface area contributed by atoms with Crippen molar-refractivity contribution in [1.29, 1.82) is 0 Å². The summed E-state index contributed by atoms with van der Waals surface area (Å²) in [6.07, 6.45) is 0. The Hall–Kier alpha value is -8.40. The molecule has 300 valence electrons. The summed E-state index contributed by atoms with van der Waals surface area (Å²) in [6, 6.07) is 88.1. The molecule has 10 aromatic carbocycles. The van der Waals surface area contributed by atoms with Crippen LogP contribution < -0.4 is 14.5 Å². The molecule has 0 N–H and O–H groups in total. The molecule has 3 aliphatic rings. The lowest BCUT2D eigenvalue weighted by Crippen LogP contribution is -2.26. The van der Waals surface area contributed by atoms with E-state index in [9.17, 15) is 0 Å². The van der Waals surface area contributed by atoms with Gasteiger partial charge in [0.05, 0.1) is 22.5 Å². The van der Waals surface area contributed by atoms with Gasteiger partial charge in [-0.05, 0) is 134 Å². The van der Waals surface area contributed by atoms with Gasteiger partial charge in [0.15, 0.2) is 11.5 Å². The van der Waals surface area contributed by atoms with Crippen molar-refractivity contribution < 1.29 is 4.74 Å². The topological polar surface area (TPSA) is 15.7 Å². The quantitative estimate of drug-likeness (QED) is 0.166. The summed E-state index contributed by atoms with van der Waals surface area (Å²) in [6.45, 7) is 0. The Bertz CT molecular complexity index is 3320. The van der Waals surface area contributed by atoms with Crippen molar-refractivity contribution in [1.82, 2.24) is 0 Å². The van der Waals surface area contributed by atoms with E-state index in [0.717, 1.165) is 45.6 Å². The van der Waals surface area contributed by atoms with E-state index < -0.39 is 5.41 Å². The monoisotopic (exact) mass is 816 g/mol. The summed E-state index contributed by atoms with van der Waals surface area (Å²) in [5, 5.41) is 0. The Morgan fingerprint density at radius 1 is 0.312 bits per heavy atom. The SMILES string of the molecule is c1ccc(-c2ccc(N(c3ccccc3)c3ccc(-c4ccc5c(c4)C4(c6ccccc6-c6ccccc64)c4cccc(N6c7ccccc7Oc7ccccc76)c4-5)cc3)cc2)cc1. The third kappa shape index (κ3) is 5.34. The van der Waals surface area contributed by atoms with Gasteiger partial charge in [0.1, 0.15) is 0 Å². The molecule has 1 spiro atoms. The summed E-state index contributed by atoms with van der Waals surface area (Å²) < 4.78 is 6.52. The van der Waals surface area contributed by atoms with E-state index in [1.165, 1.54) is 66.8 Å². The van der Waals surface area contributed by atoms with Gasteiger partial charge in [-0.25, -0.2) is 0 Å². The van der Waals surface area contributed by atoms with E-state index in [1.54, 1.807) is 0 Å². The molecule has 1 heterocycles. The van der Waals surface area contributed by atoms with E-state index in [4.69, 9.17) is 4.74 Å². The minimum atomic E-state index is -0.523. The minimum Gasteiger partial charge on any atom is -0.453 e. The van der Waals surface area contributed by atoms with Crippen LogP contribution in [0.15, 0.2) is 243 Å². The van der Waals surface area contributed by atoms with Gasteiger partial charge >= 0.3 is 0 Å². The molecule has 3 nitrogen and oxygen atoms in total. The van der Waals surface area contributed by atoms with Crippen LogP contribution in [0.4, 0.5) is 34.1 Å². The van der Waals surface area contributed by atoms with Crippen LogP contribution in [0.5, 0.6) is 11.5 Å². The Balaban J connectivity index is 0.980. The first-order valence-corrected chi connectivity index (χ1v) is 22.0. The molecule has 0 radical (unpaired) electrons. The van der Waals surface area contributed by atoms with E-state index in [1.807, 2.05) is 12.1 Å². The number of hydrogen-bond donors (Lipinski definition) is 0. The molecule has 10 aromatic rings. The fourth-order valence-electron chi connectivity index (χ4n) is 10.8. The maximum absolute atomic E-state index is 6.52. The van der Waals surface area contributed by atoms with Crippen LogP contribution in [0.1, 0.15) is 22.3 Å². The molecule has 0 amide bonds. The summed E-state index contributed by atoms with van der Waals surface area (Å²) in [7, 11) is 0. The van der Waals surface area contributed by atoms with E-state index >= 15 is 0 Å². The van der Waals surface area contributed by atoms with Crippen molar-refractivity contribution in [2.45, 2.75) is 5.41 Å². The maximum Gasteiger partial charge on any atom is 0.151 e. The fraction of sp³-hybridized carbons (Fsp3) is 0.0164. The van der Waals surface area contributed by atoms with Gasteiger partial charge in [-0.15, -0.1) is 0 Å². The second-order valence-corrected chi connectivity index (χ2v) is 16.8. The molecule has 3 heteroatoms.